The lowest BCUT2D eigenvalue weighted by Crippen LogP contribution is -2.42. The fourth-order valence-corrected chi connectivity index (χ4v) is 2.78. The lowest BCUT2D eigenvalue weighted by atomic mass is 9.95. The summed E-state index contributed by atoms with van der Waals surface area (Å²) in [7, 11) is 1.64. The van der Waals surface area contributed by atoms with Gasteiger partial charge in [0.15, 0.2) is 0 Å². The van der Waals surface area contributed by atoms with Crippen molar-refractivity contribution in [2.45, 2.75) is 33.6 Å². The predicted molar refractivity (Wildman–Crippen MR) is 97.2 cm³/mol. The number of hydrogen-bond donors (Lipinski definition) is 2. The fourth-order valence-electron chi connectivity index (χ4n) is 2.78. The van der Waals surface area contributed by atoms with Crippen LogP contribution >= 0.6 is 0 Å². The molecule has 0 atom stereocenters. The summed E-state index contributed by atoms with van der Waals surface area (Å²) in [6.07, 6.45) is 1.34. The minimum absolute atomic E-state index is 0.0218. The molecule has 1 aliphatic rings. The Balaban J connectivity index is 2.02. The standard InChI is InChI=1S/C19H27N3O3/c1-19(2,3)18(25)21-15-7-5-6-14(12-15)17(24)22-10-8-13(9-11-22)16(23)20-4/h5-7,12-13H,8-11H2,1-4H3,(H,20,23)(H,21,25). The zero-order chi connectivity index (χ0) is 18.6. The first-order valence-electron chi connectivity index (χ1n) is 8.64. The van der Waals surface area contributed by atoms with Crippen molar-refractivity contribution in [2.75, 3.05) is 25.5 Å². The third kappa shape index (κ3) is 4.81. The maximum absolute atomic E-state index is 12.7. The summed E-state index contributed by atoms with van der Waals surface area (Å²) in [5, 5.41) is 5.51. The SMILES string of the molecule is CNC(=O)C1CCN(C(=O)c2cccc(NC(=O)C(C)(C)C)c2)CC1. The molecule has 1 saturated heterocycles. The molecule has 6 heteroatoms. The normalized spacial score (nSPS) is 15.6. The van der Waals surface area contributed by atoms with Crippen LogP contribution in [0.4, 0.5) is 5.69 Å². The summed E-state index contributed by atoms with van der Waals surface area (Å²) in [5.41, 5.74) is 0.665. The van der Waals surface area contributed by atoms with E-state index in [0.29, 0.717) is 37.2 Å². The number of anilines is 1. The van der Waals surface area contributed by atoms with Crippen LogP contribution in [-0.2, 0) is 9.59 Å². The zero-order valence-electron chi connectivity index (χ0n) is 15.4. The highest BCUT2D eigenvalue weighted by Crippen LogP contribution is 2.22. The number of nitrogens with one attached hydrogen (secondary N) is 2. The van der Waals surface area contributed by atoms with Crippen molar-refractivity contribution in [1.29, 1.82) is 0 Å². The van der Waals surface area contributed by atoms with Gasteiger partial charge in [0.25, 0.3) is 5.91 Å². The van der Waals surface area contributed by atoms with E-state index >= 15 is 0 Å². The lowest BCUT2D eigenvalue weighted by molar-refractivity contribution is -0.125. The van der Waals surface area contributed by atoms with Crippen molar-refractivity contribution in [3.63, 3.8) is 0 Å². The average molecular weight is 345 g/mol. The van der Waals surface area contributed by atoms with Crippen molar-refractivity contribution in [3.05, 3.63) is 29.8 Å². The monoisotopic (exact) mass is 345 g/mol. The van der Waals surface area contributed by atoms with Gasteiger partial charge in [-0.1, -0.05) is 26.8 Å². The molecule has 1 fully saturated rings. The molecule has 1 heterocycles. The second kappa shape index (κ2) is 7.68. The van der Waals surface area contributed by atoms with Crippen LogP contribution in [-0.4, -0.2) is 42.8 Å². The van der Waals surface area contributed by atoms with E-state index in [4.69, 9.17) is 0 Å². The Morgan fingerprint density at radius 1 is 1.12 bits per heavy atom. The fraction of sp³-hybridized carbons (Fsp3) is 0.526. The van der Waals surface area contributed by atoms with Crippen molar-refractivity contribution in [3.8, 4) is 0 Å². The Hall–Kier alpha value is -2.37. The van der Waals surface area contributed by atoms with E-state index < -0.39 is 5.41 Å². The maximum Gasteiger partial charge on any atom is 0.253 e. The molecule has 0 unspecified atom stereocenters. The van der Waals surface area contributed by atoms with E-state index in [2.05, 4.69) is 10.6 Å². The molecule has 6 nitrogen and oxygen atoms in total. The summed E-state index contributed by atoms with van der Waals surface area (Å²) in [6.45, 7) is 6.65. The average Bonchev–Trinajstić information content (AvgIpc) is 2.60. The molecular weight excluding hydrogens is 318 g/mol. The molecule has 1 aromatic rings. The number of benzene rings is 1. The molecule has 136 valence electrons. The third-order valence-electron chi connectivity index (χ3n) is 4.45. The topological polar surface area (TPSA) is 78.5 Å². The maximum atomic E-state index is 12.7. The second-order valence-corrected chi connectivity index (χ2v) is 7.47. The highest BCUT2D eigenvalue weighted by atomic mass is 16.2. The molecule has 0 radical (unpaired) electrons. The van der Waals surface area contributed by atoms with Crippen LogP contribution in [0.5, 0.6) is 0 Å². The van der Waals surface area contributed by atoms with Crippen LogP contribution in [0.15, 0.2) is 24.3 Å². The van der Waals surface area contributed by atoms with Crippen LogP contribution in [0.1, 0.15) is 44.0 Å². The quantitative estimate of drug-likeness (QED) is 0.882. The van der Waals surface area contributed by atoms with E-state index in [9.17, 15) is 14.4 Å². The Kier molecular flexibility index (Phi) is 5.82. The second-order valence-electron chi connectivity index (χ2n) is 7.47. The van der Waals surface area contributed by atoms with Gasteiger partial charge in [0.1, 0.15) is 0 Å². The van der Waals surface area contributed by atoms with Gasteiger partial charge in [-0.25, -0.2) is 0 Å². The van der Waals surface area contributed by atoms with E-state index in [0.717, 1.165) is 0 Å². The largest absolute Gasteiger partial charge is 0.359 e. The lowest BCUT2D eigenvalue weighted by Gasteiger charge is -2.31. The van der Waals surface area contributed by atoms with Crippen molar-refractivity contribution in [1.82, 2.24) is 10.2 Å². The molecule has 0 aliphatic carbocycles. The van der Waals surface area contributed by atoms with E-state index in [1.165, 1.54) is 0 Å². The molecule has 1 aliphatic heterocycles. The van der Waals surface area contributed by atoms with E-state index in [1.807, 2.05) is 20.8 Å². The van der Waals surface area contributed by atoms with Gasteiger partial charge in [-0.05, 0) is 31.0 Å². The summed E-state index contributed by atoms with van der Waals surface area (Å²) < 4.78 is 0. The molecule has 0 aromatic heterocycles. The van der Waals surface area contributed by atoms with Gasteiger partial charge in [0.05, 0.1) is 0 Å². The molecule has 2 rings (SSSR count). The highest BCUT2D eigenvalue weighted by molar-refractivity contribution is 5.98. The zero-order valence-corrected chi connectivity index (χ0v) is 15.4. The van der Waals surface area contributed by atoms with Gasteiger partial charge in [-0.2, -0.15) is 0 Å². The minimum Gasteiger partial charge on any atom is -0.359 e. The Morgan fingerprint density at radius 3 is 2.32 bits per heavy atom. The summed E-state index contributed by atoms with van der Waals surface area (Å²) in [5.74, 6) is -0.142. The predicted octanol–water partition coefficient (Wildman–Crippen LogP) is 2.27. The number of piperidine rings is 1. The Labute approximate surface area is 149 Å². The van der Waals surface area contributed by atoms with Crippen molar-refractivity contribution in [2.24, 2.45) is 11.3 Å². The Bertz CT molecular complexity index is 656. The van der Waals surface area contributed by atoms with Gasteiger partial charge in [-0.3, -0.25) is 14.4 Å². The van der Waals surface area contributed by atoms with E-state index in [-0.39, 0.29) is 23.6 Å². The van der Waals surface area contributed by atoms with Gasteiger partial charge >= 0.3 is 0 Å². The van der Waals surface area contributed by atoms with Crippen LogP contribution < -0.4 is 10.6 Å². The summed E-state index contributed by atoms with van der Waals surface area (Å²) in [6, 6.07) is 7.00. The van der Waals surface area contributed by atoms with Gasteiger partial charge in [0, 0.05) is 42.7 Å². The van der Waals surface area contributed by atoms with Gasteiger partial charge in [0.2, 0.25) is 11.8 Å². The third-order valence-corrected chi connectivity index (χ3v) is 4.45. The number of carbonyl (C=O) groups is 3. The van der Waals surface area contributed by atoms with Crippen LogP contribution in [0.25, 0.3) is 0 Å². The molecule has 25 heavy (non-hydrogen) atoms. The van der Waals surface area contributed by atoms with Gasteiger partial charge in [-0.15, -0.1) is 0 Å². The molecule has 3 amide bonds. The highest BCUT2D eigenvalue weighted by Gasteiger charge is 2.27. The molecule has 0 bridgehead atoms. The first kappa shape index (κ1) is 19.0. The number of hydrogen-bond acceptors (Lipinski definition) is 3. The molecular formula is C19H27N3O3. The summed E-state index contributed by atoms with van der Waals surface area (Å²) >= 11 is 0. The number of amides is 3. The number of nitrogens with zero attached hydrogens (tertiary/aromatic N) is 1. The number of rotatable bonds is 3. The minimum atomic E-state index is -0.498. The van der Waals surface area contributed by atoms with Crippen LogP contribution in [0, 0.1) is 11.3 Å². The van der Waals surface area contributed by atoms with E-state index in [1.54, 1.807) is 36.2 Å². The van der Waals surface area contributed by atoms with Crippen molar-refractivity contribution >= 4 is 23.4 Å². The van der Waals surface area contributed by atoms with Crippen LogP contribution in [0.2, 0.25) is 0 Å². The smallest absolute Gasteiger partial charge is 0.253 e. The Morgan fingerprint density at radius 2 is 1.76 bits per heavy atom. The first-order chi connectivity index (χ1) is 11.7. The molecule has 2 N–H and O–H groups in total. The van der Waals surface area contributed by atoms with Crippen molar-refractivity contribution < 1.29 is 14.4 Å². The first-order valence-corrected chi connectivity index (χ1v) is 8.64. The number of carbonyl (C=O) groups excluding carboxylic acids is 3. The van der Waals surface area contributed by atoms with Crippen LogP contribution in [0.3, 0.4) is 0 Å². The number of likely N-dealkylation sites (tertiary alicyclic amines) is 1. The summed E-state index contributed by atoms with van der Waals surface area (Å²) in [4.78, 5) is 38.2. The molecule has 0 saturated carbocycles. The van der Waals surface area contributed by atoms with Gasteiger partial charge < -0.3 is 15.5 Å². The molecule has 0 spiro atoms. The molecule has 1 aromatic carbocycles.